The summed E-state index contributed by atoms with van der Waals surface area (Å²) in [5, 5.41) is 0. The van der Waals surface area contributed by atoms with Crippen LogP contribution in [0.3, 0.4) is 0 Å². The lowest BCUT2D eigenvalue weighted by molar-refractivity contribution is 0.0826. The zero-order valence-corrected chi connectivity index (χ0v) is 18.2. The van der Waals surface area contributed by atoms with Gasteiger partial charge in [0, 0.05) is 41.5 Å². The fourth-order valence-corrected chi connectivity index (χ4v) is 4.85. The Kier molecular flexibility index (Phi) is 5.81. The highest BCUT2D eigenvalue weighted by atomic mass is 32.2. The third kappa shape index (κ3) is 4.34. The van der Waals surface area contributed by atoms with Gasteiger partial charge < -0.3 is 14.5 Å². The van der Waals surface area contributed by atoms with Crippen molar-refractivity contribution in [2.75, 3.05) is 26.2 Å². The zero-order chi connectivity index (χ0) is 21.9. The molecule has 0 unspecified atom stereocenters. The summed E-state index contributed by atoms with van der Waals surface area (Å²) in [4.78, 5) is 23.3. The van der Waals surface area contributed by atoms with Gasteiger partial charge in [0.05, 0.1) is 5.69 Å². The van der Waals surface area contributed by atoms with Gasteiger partial charge in [0.15, 0.2) is 0 Å². The number of halogens is 1. The van der Waals surface area contributed by atoms with Gasteiger partial charge in [0.1, 0.15) is 18.3 Å². The van der Waals surface area contributed by atoms with Gasteiger partial charge in [0.2, 0.25) is 0 Å². The van der Waals surface area contributed by atoms with Gasteiger partial charge in [0.25, 0.3) is 0 Å². The van der Waals surface area contributed by atoms with Crippen molar-refractivity contribution < 1.29 is 13.9 Å². The molecule has 3 aromatic rings. The Morgan fingerprint density at radius 3 is 2.50 bits per heavy atom. The average Bonchev–Trinajstić information content (AvgIpc) is 3.00. The van der Waals surface area contributed by atoms with Crippen LogP contribution in [-0.2, 0) is 11.3 Å². The quantitative estimate of drug-likeness (QED) is 0.533. The number of carbonyl (C=O) groups excluding carboxylic acids is 1. The molecular weight excluding hydrogens is 425 g/mol. The number of ether oxygens (including phenoxy) is 1. The monoisotopic (exact) mass is 447 g/mol. The number of aliphatic imine (C=N–C) groups is 1. The predicted octanol–water partition coefficient (Wildman–Crippen LogP) is 5.32. The van der Waals surface area contributed by atoms with Crippen LogP contribution in [0.4, 0.5) is 14.9 Å². The van der Waals surface area contributed by atoms with Crippen molar-refractivity contribution in [3.8, 4) is 0 Å². The minimum atomic E-state index is -0.316. The van der Waals surface area contributed by atoms with Crippen molar-refractivity contribution in [3.05, 3.63) is 89.7 Å². The van der Waals surface area contributed by atoms with Gasteiger partial charge in [-0.05, 0) is 35.9 Å². The largest absolute Gasteiger partial charge is 0.445 e. The first kappa shape index (κ1) is 20.6. The van der Waals surface area contributed by atoms with Crippen LogP contribution in [0.15, 0.2) is 87.6 Å². The molecule has 2 aliphatic rings. The highest BCUT2D eigenvalue weighted by Gasteiger charge is 2.28. The van der Waals surface area contributed by atoms with Crippen LogP contribution in [0.1, 0.15) is 11.1 Å². The maximum Gasteiger partial charge on any atom is 0.410 e. The predicted molar refractivity (Wildman–Crippen MR) is 123 cm³/mol. The third-order valence-electron chi connectivity index (χ3n) is 5.54. The summed E-state index contributed by atoms with van der Waals surface area (Å²) < 4.78 is 19.6. The Morgan fingerprint density at radius 2 is 1.69 bits per heavy atom. The van der Waals surface area contributed by atoms with E-state index in [2.05, 4.69) is 4.90 Å². The van der Waals surface area contributed by atoms with Crippen molar-refractivity contribution >= 4 is 29.4 Å². The molecule has 0 saturated carbocycles. The zero-order valence-electron chi connectivity index (χ0n) is 17.4. The SMILES string of the molecule is O=C(OCc1ccccc1)N1CCN(C2=Nc3ccccc3Sc3ccc(F)cc32)CC1. The van der Waals surface area contributed by atoms with E-state index in [1.807, 2.05) is 60.7 Å². The van der Waals surface area contributed by atoms with Gasteiger partial charge >= 0.3 is 6.09 Å². The number of piperazine rings is 1. The second-order valence-corrected chi connectivity index (χ2v) is 8.74. The fourth-order valence-electron chi connectivity index (χ4n) is 3.85. The fraction of sp³-hybridized carbons (Fsp3) is 0.200. The van der Waals surface area contributed by atoms with Gasteiger partial charge in [-0.3, -0.25) is 0 Å². The van der Waals surface area contributed by atoms with Crippen molar-refractivity contribution in [1.82, 2.24) is 9.80 Å². The smallest absolute Gasteiger partial charge is 0.410 e. The molecule has 0 N–H and O–H groups in total. The van der Waals surface area contributed by atoms with Crippen molar-refractivity contribution in [2.24, 2.45) is 4.99 Å². The first-order valence-corrected chi connectivity index (χ1v) is 11.3. The van der Waals surface area contributed by atoms with Gasteiger partial charge in [-0.15, -0.1) is 0 Å². The molecule has 0 spiro atoms. The molecule has 1 saturated heterocycles. The molecule has 32 heavy (non-hydrogen) atoms. The molecule has 3 aromatic carbocycles. The van der Waals surface area contributed by atoms with E-state index < -0.39 is 0 Å². The number of rotatable bonds is 2. The molecular formula is C25H22FN3O2S. The lowest BCUT2D eigenvalue weighted by atomic mass is 10.1. The maximum atomic E-state index is 14.1. The van der Waals surface area contributed by atoms with Crippen molar-refractivity contribution in [3.63, 3.8) is 0 Å². The summed E-state index contributed by atoms with van der Waals surface area (Å²) in [5.41, 5.74) is 2.61. The number of fused-ring (bicyclic) bond motifs is 2. The number of carbonyl (C=O) groups is 1. The second-order valence-electron chi connectivity index (χ2n) is 7.66. The number of para-hydroxylation sites is 1. The van der Waals surface area contributed by atoms with E-state index in [9.17, 15) is 9.18 Å². The van der Waals surface area contributed by atoms with E-state index in [-0.39, 0.29) is 18.5 Å². The van der Waals surface area contributed by atoms with Crippen LogP contribution in [0.2, 0.25) is 0 Å². The van der Waals surface area contributed by atoms with Crippen LogP contribution in [-0.4, -0.2) is 47.9 Å². The number of hydrogen-bond acceptors (Lipinski definition) is 5. The van der Waals surface area contributed by atoms with E-state index >= 15 is 0 Å². The molecule has 1 amide bonds. The summed E-state index contributed by atoms with van der Waals surface area (Å²) in [6, 6.07) is 22.4. The number of nitrogens with zero attached hydrogens (tertiary/aromatic N) is 3. The molecule has 2 heterocycles. The Balaban J connectivity index is 1.32. The maximum absolute atomic E-state index is 14.1. The Morgan fingerprint density at radius 1 is 0.938 bits per heavy atom. The summed E-state index contributed by atoms with van der Waals surface area (Å²) in [6.07, 6.45) is -0.316. The van der Waals surface area contributed by atoms with Gasteiger partial charge in [-0.2, -0.15) is 0 Å². The average molecular weight is 448 g/mol. The highest BCUT2D eigenvalue weighted by molar-refractivity contribution is 7.99. The lowest BCUT2D eigenvalue weighted by Gasteiger charge is -2.36. The minimum Gasteiger partial charge on any atom is -0.445 e. The number of amides is 1. The molecule has 0 aromatic heterocycles. The van der Waals surface area contributed by atoms with Crippen LogP contribution in [0, 0.1) is 5.82 Å². The molecule has 162 valence electrons. The Hall–Kier alpha value is -3.32. The van der Waals surface area contributed by atoms with Crippen LogP contribution in [0.25, 0.3) is 0 Å². The van der Waals surface area contributed by atoms with Crippen LogP contribution >= 0.6 is 11.8 Å². The van der Waals surface area contributed by atoms with Gasteiger partial charge in [-0.1, -0.05) is 54.2 Å². The Bertz CT molecular complexity index is 1160. The molecule has 0 bridgehead atoms. The first-order chi connectivity index (χ1) is 15.7. The third-order valence-corrected chi connectivity index (χ3v) is 6.68. The lowest BCUT2D eigenvalue weighted by Crippen LogP contribution is -2.51. The van der Waals surface area contributed by atoms with E-state index in [0.29, 0.717) is 26.2 Å². The first-order valence-electron chi connectivity index (χ1n) is 10.5. The second kappa shape index (κ2) is 9.04. The van der Waals surface area contributed by atoms with E-state index in [1.54, 1.807) is 22.7 Å². The topological polar surface area (TPSA) is 45.1 Å². The molecule has 5 rings (SSSR count). The van der Waals surface area contributed by atoms with E-state index in [1.165, 1.54) is 6.07 Å². The van der Waals surface area contributed by atoms with E-state index in [0.717, 1.165) is 32.4 Å². The summed E-state index contributed by atoms with van der Waals surface area (Å²) in [6.45, 7) is 2.50. The van der Waals surface area contributed by atoms with Gasteiger partial charge in [-0.25, -0.2) is 14.2 Å². The van der Waals surface area contributed by atoms with Crippen molar-refractivity contribution in [1.29, 1.82) is 0 Å². The van der Waals surface area contributed by atoms with E-state index in [4.69, 9.17) is 9.73 Å². The molecule has 7 heteroatoms. The number of hydrogen-bond donors (Lipinski definition) is 0. The molecule has 0 radical (unpaired) electrons. The Labute approximate surface area is 190 Å². The summed E-state index contributed by atoms with van der Waals surface area (Å²) in [7, 11) is 0. The van der Waals surface area contributed by atoms with Crippen LogP contribution in [0.5, 0.6) is 0 Å². The highest BCUT2D eigenvalue weighted by Crippen LogP contribution is 2.40. The van der Waals surface area contributed by atoms with Crippen LogP contribution < -0.4 is 0 Å². The molecule has 2 aliphatic heterocycles. The van der Waals surface area contributed by atoms with Crippen molar-refractivity contribution in [2.45, 2.75) is 16.4 Å². The number of benzene rings is 3. The molecule has 0 aliphatic carbocycles. The summed E-state index contributed by atoms with van der Waals surface area (Å²) in [5.74, 6) is 0.459. The minimum absolute atomic E-state index is 0.257. The normalized spacial score (nSPS) is 15.3. The molecule has 0 atom stereocenters. The molecule has 1 fully saturated rings. The standard InChI is InChI=1S/C25H22FN3O2S/c26-19-10-11-22-20(16-19)24(27-21-8-4-5-9-23(21)32-22)28-12-14-29(15-13-28)25(30)31-17-18-6-2-1-3-7-18/h1-11,16H,12-15,17H2. The number of amidine groups is 1. The molecule has 5 nitrogen and oxygen atoms in total. The summed E-state index contributed by atoms with van der Waals surface area (Å²) >= 11 is 1.60.